The largest absolute Gasteiger partial charge is 0.485 e. The van der Waals surface area contributed by atoms with E-state index >= 15 is 0 Å². The molecule has 26 heavy (non-hydrogen) atoms. The van der Waals surface area contributed by atoms with Crippen molar-refractivity contribution in [2.75, 3.05) is 20.3 Å². The Morgan fingerprint density at radius 2 is 2.15 bits per heavy atom. The van der Waals surface area contributed by atoms with Crippen molar-refractivity contribution in [1.29, 1.82) is 0 Å². The fourth-order valence-corrected chi connectivity index (χ4v) is 3.27. The van der Waals surface area contributed by atoms with Gasteiger partial charge in [0.15, 0.2) is 11.5 Å². The summed E-state index contributed by atoms with van der Waals surface area (Å²) in [6.45, 7) is 5.54. The van der Waals surface area contributed by atoms with Gasteiger partial charge in [0.2, 0.25) is 0 Å². The Bertz CT molecular complexity index is 754. The minimum atomic E-state index is -0.103. The average Bonchev–Trinajstić information content (AvgIpc) is 3.12. The van der Waals surface area contributed by atoms with Gasteiger partial charge in [-0.15, -0.1) is 0 Å². The highest BCUT2D eigenvalue weighted by molar-refractivity contribution is 5.92. The lowest BCUT2D eigenvalue weighted by Gasteiger charge is -2.34. The number of methoxy groups -OCH3 is 1. The third kappa shape index (κ3) is 4.25. The first-order chi connectivity index (χ1) is 12.6. The molecular weight excluding hydrogens is 332 g/mol. The highest BCUT2D eigenvalue weighted by Crippen LogP contribution is 2.22. The molecule has 6 nitrogen and oxygen atoms in total. The van der Waals surface area contributed by atoms with E-state index in [4.69, 9.17) is 14.0 Å². The molecule has 1 aromatic carbocycles. The van der Waals surface area contributed by atoms with Crippen molar-refractivity contribution in [2.24, 2.45) is 0 Å². The van der Waals surface area contributed by atoms with Crippen molar-refractivity contribution in [3.05, 3.63) is 46.8 Å². The summed E-state index contributed by atoms with van der Waals surface area (Å²) in [4.78, 5) is 14.6. The Morgan fingerprint density at radius 1 is 1.31 bits per heavy atom. The molecule has 0 saturated carbocycles. The van der Waals surface area contributed by atoms with Crippen molar-refractivity contribution < 1.29 is 18.8 Å². The number of amides is 1. The monoisotopic (exact) mass is 358 g/mol. The lowest BCUT2D eigenvalue weighted by Crippen LogP contribution is -2.46. The zero-order chi connectivity index (χ0) is 18.5. The second-order valence-corrected chi connectivity index (χ2v) is 6.84. The van der Waals surface area contributed by atoms with Crippen LogP contribution in [0.25, 0.3) is 0 Å². The highest BCUT2D eigenvalue weighted by Gasteiger charge is 2.29. The zero-order valence-corrected chi connectivity index (χ0v) is 15.7. The van der Waals surface area contributed by atoms with Crippen LogP contribution in [0, 0.1) is 13.8 Å². The van der Waals surface area contributed by atoms with Gasteiger partial charge < -0.3 is 18.9 Å². The van der Waals surface area contributed by atoms with Gasteiger partial charge in [0, 0.05) is 19.7 Å². The molecule has 6 heteroatoms. The first-order valence-electron chi connectivity index (χ1n) is 9.04. The van der Waals surface area contributed by atoms with Gasteiger partial charge in [-0.3, -0.25) is 4.79 Å². The first kappa shape index (κ1) is 18.5. The number of hydrogen-bond acceptors (Lipinski definition) is 5. The molecule has 1 aliphatic heterocycles. The molecule has 0 N–H and O–H groups in total. The predicted molar refractivity (Wildman–Crippen MR) is 97.3 cm³/mol. The van der Waals surface area contributed by atoms with Crippen LogP contribution >= 0.6 is 0 Å². The molecule has 1 fully saturated rings. The summed E-state index contributed by atoms with van der Waals surface area (Å²) in [7, 11) is 1.66. The van der Waals surface area contributed by atoms with E-state index in [0.29, 0.717) is 18.1 Å². The molecule has 2 aromatic rings. The molecule has 0 bridgehead atoms. The number of ether oxygens (including phenoxy) is 2. The lowest BCUT2D eigenvalue weighted by molar-refractivity contribution is 0.0419. The first-order valence-corrected chi connectivity index (χ1v) is 9.04. The topological polar surface area (TPSA) is 64.8 Å². The normalized spacial score (nSPS) is 17.3. The second kappa shape index (κ2) is 8.36. The summed E-state index contributed by atoms with van der Waals surface area (Å²) < 4.78 is 16.4. The second-order valence-electron chi connectivity index (χ2n) is 6.84. The van der Waals surface area contributed by atoms with E-state index in [1.165, 1.54) is 0 Å². The van der Waals surface area contributed by atoms with Crippen LogP contribution in [-0.4, -0.2) is 42.3 Å². The predicted octanol–water partition coefficient (Wildman–Crippen LogP) is 3.51. The van der Waals surface area contributed by atoms with Crippen molar-refractivity contribution >= 4 is 5.91 Å². The Kier molecular flexibility index (Phi) is 5.93. The molecule has 3 rings (SSSR count). The van der Waals surface area contributed by atoms with Crippen LogP contribution in [0.3, 0.4) is 0 Å². The smallest absolute Gasteiger partial charge is 0.276 e. The molecule has 1 atom stereocenters. The molecule has 0 spiro atoms. The van der Waals surface area contributed by atoms with E-state index in [1.54, 1.807) is 13.2 Å². The maximum Gasteiger partial charge on any atom is 0.276 e. The third-order valence-electron chi connectivity index (χ3n) is 4.74. The number of hydrogen-bond donors (Lipinski definition) is 0. The quantitative estimate of drug-likeness (QED) is 0.791. The molecule has 1 saturated heterocycles. The van der Waals surface area contributed by atoms with Crippen molar-refractivity contribution in [1.82, 2.24) is 10.1 Å². The Hall–Kier alpha value is -2.34. The summed E-state index contributed by atoms with van der Waals surface area (Å²) in [5.41, 5.74) is 2.52. The number of aromatic nitrogens is 1. The van der Waals surface area contributed by atoms with Crippen LogP contribution in [-0.2, 0) is 11.3 Å². The van der Waals surface area contributed by atoms with Crippen LogP contribution in [0.4, 0.5) is 0 Å². The van der Waals surface area contributed by atoms with Crippen LogP contribution in [0.5, 0.6) is 5.75 Å². The van der Waals surface area contributed by atoms with Crippen LogP contribution in [0.1, 0.15) is 46.6 Å². The summed E-state index contributed by atoms with van der Waals surface area (Å²) in [6, 6.07) is 7.83. The average molecular weight is 358 g/mol. The Morgan fingerprint density at radius 3 is 2.96 bits per heavy atom. The highest BCUT2D eigenvalue weighted by atomic mass is 16.5. The number of piperidine rings is 1. The van der Waals surface area contributed by atoms with E-state index in [-0.39, 0.29) is 18.6 Å². The van der Waals surface area contributed by atoms with E-state index in [9.17, 15) is 4.79 Å². The van der Waals surface area contributed by atoms with Gasteiger partial charge in [-0.25, -0.2) is 0 Å². The molecule has 1 aliphatic rings. The Balaban J connectivity index is 1.65. The molecule has 0 radical (unpaired) electrons. The minimum Gasteiger partial charge on any atom is -0.485 e. The van der Waals surface area contributed by atoms with Gasteiger partial charge >= 0.3 is 0 Å². The van der Waals surface area contributed by atoms with Gasteiger partial charge in [-0.05, 0) is 50.3 Å². The lowest BCUT2D eigenvalue weighted by atomic mass is 10.0. The number of rotatable bonds is 6. The maximum absolute atomic E-state index is 12.8. The van der Waals surface area contributed by atoms with E-state index in [2.05, 4.69) is 5.16 Å². The fourth-order valence-electron chi connectivity index (χ4n) is 3.27. The fraction of sp³-hybridized carbons (Fsp3) is 0.500. The molecule has 0 aliphatic carbocycles. The summed E-state index contributed by atoms with van der Waals surface area (Å²) >= 11 is 0. The molecule has 2 heterocycles. The van der Waals surface area contributed by atoms with Gasteiger partial charge in [0.05, 0.1) is 12.6 Å². The molecular formula is C20H26N2O4. The SMILES string of the molecule is COCC1CCCCN1C(=O)c1cc(COc2cc(C)ccc2C)on1. The van der Waals surface area contributed by atoms with Gasteiger partial charge in [0.1, 0.15) is 12.4 Å². The summed E-state index contributed by atoms with van der Waals surface area (Å²) in [5, 5.41) is 3.95. The minimum absolute atomic E-state index is 0.103. The summed E-state index contributed by atoms with van der Waals surface area (Å²) in [6.07, 6.45) is 3.08. The number of carbonyl (C=O) groups is 1. The third-order valence-corrected chi connectivity index (χ3v) is 4.74. The zero-order valence-electron chi connectivity index (χ0n) is 15.7. The number of nitrogens with zero attached hydrogens (tertiary/aromatic N) is 2. The number of benzene rings is 1. The number of aryl methyl sites for hydroxylation is 2. The van der Waals surface area contributed by atoms with Gasteiger partial charge in [0.25, 0.3) is 5.91 Å². The van der Waals surface area contributed by atoms with Crippen LogP contribution < -0.4 is 4.74 Å². The standard InChI is InChI=1S/C20H26N2O4/c1-14-7-8-15(2)19(10-14)25-13-17-11-18(21-26-17)20(23)22-9-5-4-6-16(22)12-24-3/h7-8,10-11,16H,4-6,9,12-13H2,1-3H3. The summed E-state index contributed by atoms with van der Waals surface area (Å²) in [5.74, 6) is 1.24. The van der Waals surface area contributed by atoms with Crippen LogP contribution in [0.15, 0.2) is 28.8 Å². The Labute approximate surface area is 154 Å². The number of carbonyl (C=O) groups excluding carboxylic acids is 1. The molecule has 140 valence electrons. The maximum atomic E-state index is 12.8. The van der Waals surface area contributed by atoms with E-state index in [0.717, 1.165) is 42.7 Å². The molecule has 1 aromatic heterocycles. The molecule has 1 amide bonds. The van der Waals surface area contributed by atoms with Gasteiger partial charge in [-0.2, -0.15) is 0 Å². The van der Waals surface area contributed by atoms with Crippen molar-refractivity contribution in [3.8, 4) is 5.75 Å². The van der Waals surface area contributed by atoms with E-state index in [1.807, 2.05) is 36.9 Å². The molecule has 1 unspecified atom stereocenters. The number of likely N-dealkylation sites (tertiary alicyclic amines) is 1. The van der Waals surface area contributed by atoms with Crippen molar-refractivity contribution in [3.63, 3.8) is 0 Å². The van der Waals surface area contributed by atoms with E-state index < -0.39 is 0 Å². The van der Waals surface area contributed by atoms with Crippen molar-refractivity contribution in [2.45, 2.75) is 45.8 Å². The van der Waals surface area contributed by atoms with Crippen LogP contribution in [0.2, 0.25) is 0 Å². The van der Waals surface area contributed by atoms with Gasteiger partial charge in [-0.1, -0.05) is 17.3 Å².